The topological polar surface area (TPSA) is 62.7 Å². The fourth-order valence-corrected chi connectivity index (χ4v) is 2.51. The van der Waals surface area contributed by atoms with E-state index in [1.54, 1.807) is 0 Å². The first-order valence-electron chi connectivity index (χ1n) is 4.99. The second-order valence-electron chi connectivity index (χ2n) is 3.53. The predicted molar refractivity (Wildman–Crippen MR) is 68.7 cm³/mol. The smallest absolute Gasteiger partial charge is 0.434 e. The average Bonchev–Trinajstić information content (AvgIpc) is 2.70. The zero-order valence-electron chi connectivity index (χ0n) is 8.99. The first-order valence-corrected chi connectivity index (χ1v) is 6.94. The van der Waals surface area contributed by atoms with Crippen LogP contribution in [0, 0.1) is 0 Å². The number of alkyl halides is 3. The van der Waals surface area contributed by atoms with Crippen molar-refractivity contribution < 1.29 is 19.1 Å². The van der Waals surface area contributed by atoms with Gasteiger partial charge in [0.2, 0.25) is 10.8 Å². The molecular formula is C9H9Cl3NO4S+. The molecule has 1 fully saturated rings. The molecule has 1 aliphatic rings. The van der Waals surface area contributed by atoms with Gasteiger partial charge in [-0.2, -0.15) is 4.58 Å². The second-order valence-corrected chi connectivity index (χ2v) is 6.75. The molecule has 5 nitrogen and oxygen atoms in total. The molecule has 0 bridgehead atoms. The lowest BCUT2D eigenvalue weighted by Crippen LogP contribution is -2.38. The van der Waals surface area contributed by atoms with E-state index < -0.39 is 9.58 Å². The number of hydrogen-bond acceptors (Lipinski definition) is 5. The van der Waals surface area contributed by atoms with Crippen LogP contribution in [-0.2, 0) is 4.74 Å². The first kappa shape index (κ1) is 14.1. The maximum atomic E-state index is 11.7. The number of nitrogens with zero attached hydrogens (tertiary/aromatic N) is 1. The molecule has 0 aliphatic carbocycles. The van der Waals surface area contributed by atoms with Gasteiger partial charge in [-0.3, -0.25) is 4.79 Å². The standard InChI is InChI=1S/C9H8Cl3NO4S/c10-9(11,12)6(14)5-7(15)18-8(17-5)13-1-3-16-4-2-13/h1-4H2/p+1. The number of aromatic hydroxyl groups is 1. The van der Waals surface area contributed by atoms with Gasteiger partial charge in [0.25, 0.3) is 9.58 Å². The van der Waals surface area contributed by atoms with Gasteiger partial charge in [-0.15, -0.1) is 0 Å². The summed E-state index contributed by atoms with van der Waals surface area (Å²) in [6.07, 6.45) is 0. The molecule has 0 spiro atoms. The molecule has 100 valence electrons. The van der Waals surface area contributed by atoms with E-state index in [1.807, 2.05) is 4.58 Å². The lowest BCUT2D eigenvalue weighted by atomic mass is 10.3. The summed E-state index contributed by atoms with van der Waals surface area (Å²) in [5.41, 5.74) is 0. The maximum Gasteiger partial charge on any atom is 0.434 e. The van der Waals surface area contributed by atoms with E-state index in [0.717, 1.165) is 11.3 Å². The third-order valence-corrected chi connectivity index (χ3v) is 3.71. The van der Waals surface area contributed by atoms with Gasteiger partial charge < -0.3 is 14.3 Å². The minimum atomic E-state index is -2.15. The molecule has 18 heavy (non-hydrogen) atoms. The summed E-state index contributed by atoms with van der Waals surface area (Å²) >= 11 is 17.3. The van der Waals surface area contributed by atoms with E-state index in [4.69, 9.17) is 44.0 Å². The van der Waals surface area contributed by atoms with Crippen LogP contribution in [0.5, 0.6) is 5.06 Å². The number of carbonyl (C=O) groups excluding carboxylic acids is 1. The molecule has 1 N–H and O–H groups in total. The molecule has 2 rings (SSSR count). The van der Waals surface area contributed by atoms with Crippen molar-refractivity contribution >= 4 is 51.9 Å². The van der Waals surface area contributed by atoms with Gasteiger partial charge >= 0.3 is 4.87 Å². The van der Waals surface area contributed by atoms with Gasteiger partial charge in [0, 0.05) is 11.3 Å². The van der Waals surface area contributed by atoms with E-state index in [2.05, 4.69) is 0 Å². The molecule has 0 unspecified atom stereocenters. The van der Waals surface area contributed by atoms with Crippen molar-refractivity contribution in [1.29, 1.82) is 0 Å². The van der Waals surface area contributed by atoms with Gasteiger partial charge in [-0.1, -0.05) is 34.8 Å². The summed E-state index contributed by atoms with van der Waals surface area (Å²) < 4.78 is 10.2. The molecular weight excluding hydrogens is 325 g/mol. The highest BCUT2D eigenvalue weighted by Crippen LogP contribution is 2.34. The number of morpholine rings is 1. The molecule has 0 aromatic carbocycles. The quantitative estimate of drug-likeness (QED) is 0.479. The van der Waals surface area contributed by atoms with Crippen LogP contribution in [0.15, 0.2) is 4.42 Å². The van der Waals surface area contributed by atoms with Crippen LogP contribution >= 0.6 is 46.1 Å². The van der Waals surface area contributed by atoms with Crippen molar-refractivity contribution in [3.63, 3.8) is 0 Å². The lowest BCUT2D eigenvalue weighted by molar-refractivity contribution is 0.0908. The van der Waals surface area contributed by atoms with Crippen LogP contribution in [0.3, 0.4) is 0 Å². The van der Waals surface area contributed by atoms with Crippen molar-refractivity contribution in [3.8, 4) is 5.06 Å². The highest BCUT2D eigenvalue weighted by molar-refractivity contribution is 7.11. The number of hydrogen-bond donors (Lipinski definition) is 1. The van der Waals surface area contributed by atoms with Gasteiger partial charge in [-0.25, -0.2) is 0 Å². The first-order chi connectivity index (χ1) is 8.39. The monoisotopic (exact) mass is 332 g/mol. The number of carbonyl (C=O) groups is 1. The summed E-state index contributed by atoms with van der Waals surface area (Å²) in [6.45, 7) is 2.35. The zero-order valence-corrected chi connectivity index (χ0v) is 12.1. The van der Waals surface area contributed by atoms with Crippen LogP contribution in [0.4, 0.5) is 0 Å². The van der Waals surface area contributed by atoms with Crippen LogP contribution < -0.4 is 9.44 Å². The molecule has 1 aliphatic heterocycles. The van der Waals surface area contributed by atoms with Crippen LogP contribution in [0.1, 0.15) is 10.6 Å². The van der Waals surface area contributed by atoms with E-state index >= 15 is 0 Å². The van der Waals surface area contributed by atoms with Gasteiger partial charge in [0.1, 0.15) is 13.2 Å². The minimum Gasteiger partial charge on any atom is -0.497 e. The third kappa shape index (κ3) is 3.00. The molecule has 1 aromatic rings. The van der Waals surface area contributed by atoms with Gasteiger partial charge in [-0.05, 0) is 0 Å². The Kier molecular flexibility index (Phi) is 4.23. The highest BCUT2D eigenvalue weighted by atomic mass is 35.6. The SMILES string of the molecule is O=C(c1oc(=[N+]2CCOCC2)sc1O)C(Cl)(Cl)Cl. The Hall–Kier alpha value is -0.270. The number of ether oxygens (including phenoxy) is 1. The second kappa shape index (κ2) is 5.38. The van der Waals surface area contributed by atoms with Crippen LogP contribution in [-0.4, -0.2) is 41.0 Å². The maximum absolute atomic E-state index is 11.7. The van der Waals surface area contributed by atoms with Gasteiger partial charge in [0.05, 0.1) is 0 Å². The van der Waals surface area contributed by atoms with Crippen molar-refractivity contribution in [2.24, 2.45) is 0 Å². The lowest BCUT2D eigenvalue weighted by Gasteiger charge is -2.08. The largest absolute Gasteiger partial charge is 0.497 e. The average molecular weight is 334 g/mol. The minimum absolute atomic E-state index is 0.298. The Bertz CT molecular complexity index is 523. The van der Waals surface area contributed by atoms with Crippen molar-refractivity contribution in [2.45, 2.75) is 3.79 Å². The Labute approximate surface area is 121 Å². The zero-order chi connectivity index (χ0) is 13.3. The summed E-state index contributed by atoms with van der Waals surface area (Å²) in [6, 6.07) is 0. The summed E-state index contributed by atoms with van der Waals surface area (Å²) in [5.74, 6) is -1.22. The highest BCUT2D eigenvalue weighted by Gasteiger charge is 2.37. The number of ketones is 1. The molecule has 0 atom stereocenters. The van der Waals surface area contributed by atoms with E-state index in [9.17, 15) is 9.90 Å². The molecule has 0 radical (unpaired) electrons. The third-order valence-electron chi connectivity index (χ3n) is 2.30. The summed E-state index contributed by atoms with van der Waals surface area (Å²) in [5, 5.41) is 9.37. The Morgan fingerprint density at radius 2 is 1.94 bits per heavy atom. The number of halogens is 3. The molecule has 2 heterocycles. The van der Waals surface area contributed by atoms with E-state index in [1.165, 1.54) is 0 Å². The Morgan fingerprint density at radius 1 is 1.33 bits per heavy atom. The van der Waals surface area contributed by atoms with Crippen molar-refractivity contribution in [1.82, 2.24) is 4.58 Å². The van der Waals surface area contributed by atoms with E-state index in [-0.39, 0.29) is 10.8 Å². The van der Waals surface area contributed by atoms with E-state index in [0.29, 0.717) is 31.2 Å². The summed E-state index contributed by atoms with van der Waals surface area (Å²) in [4.78, 5) is 12.1. The fraction of sp³-hybridized carbons (Fsp3) is 0.556. The molecule has 9 heteroatoms. The Balaban J connectivity index is 2.41. The molecule has 1 aromatic heterocycles. The number of rotatable bonds is 1. The molecule has 1 saturated heterocycles. The molecule has 0 saturated carbocycles. The van der Waals surface area contributed by atoms with Gasteiger partial charge in [0.15, 0.2) is 13.1 Å². The van der Waals surface area contributed by atoms with Crippen LogP contribution in [0.2, 0.25) is 0 Å². The summed E-state index contributed by atoms with van der Waals surface area (Å²) in [7, 11) is 0. The Morgan fingerprint density at radius 3 is 2.50 bits per heavy atom. The fourth-order valence-electron chi connectivity index (χ4n) is 1.43. The molecule has 0 amide bonds. The predicted octanol–water partition coefficient (Wildman–Crippen LogP) is 1.40. The number of Topliss-reactive ketones (excluding diaryl/α,β-unsaturated/α-hetero) is 1. The van der Waals surface area contributed by atoms with Crippen molar-refractivity contribution in [3.05, 3.63) is 10.6 Å². The van der Waals surface area contributed by atoms with Crippen molar-refractivity contribution in [2.75, 3.05) is 26.3 Å². The van der Waals surface area contributed by atoms with Crippen LogP contribution in [0.25, 0.3) is 0 Å². The normalized spacial score (nSPS) is 16.9.